The van der Waals surface area contributed by atoms with Crippen molar-refractivity contribution >= 4 is 17.6 Å². The van der Waals surface area contributed by atoms with Crippen molar-refractivity contribution in [2.24, 2.45) is 5.92 Å². The van der Waals surface area contributed by atoms with Crippen LogP contribution in [0.5, 0.6) is 0 Å². The normalized spacial score (nSPS) is 22.2. The van der Waals surface area contributed by atoms with Crippen LogP contribution < -0.4 is 5.32 Å². The van der Waals surface area contributed by atoms with Gasteiger partial charge in [0.1, 0.15) is 0 Å². The summed E-state index contributed by atoms with van der Waals surface area (Å²) in [4.78, 5) is 26.4. The van der Waals surface area contributed by atoms with Gasteiger partial charge in [-0.3, -0.25) is 14.6 Å². The Labute approximate surface area is 110 Å². The van der Waals surface area contributed by atoms with E-state index in [9.17, 15) is 9.59 Å². The van der Waals surface area contributed by atoms with Crippen LogP contribution in [0, 0.1) is 5.92 Å². The van der Waals surface area contributed by atoms with Gasteiger partial charge in [-0.2, -0.15) is 0 Å². The van der Waals surface area contributed by atoms with Crippen LogP contribution in [0.25, 0.3) is 0 Å². The average Bonchev–Trinajstić information content (AvgIpc) is 2.78. The predicted octanol–water partition coefficient (Wildman–Crippen LogP) is 1.07. The molecule has 1 aliphatic heterocycles. The van der Waals surface area contributed by atoms with Gasteiger partial charge in [0, 0.05) is 0 Å². The van der Waals surface area contributed by atoms with Crippen molar-refractivity contribution in [3.8, 4) is 0 Å². The first-order chi connectivity index (χ1) is 9.04. The number of carbonyl (C=O) groups excluding carboxylic acids is 1. The number of carboxylic acids is 1. The maximum atomic E-state index is 11.9. The third kappa shape index (κ3) is 3.75. The van der Waals surface area contributed by atoms with Crippen LogP contribution >= 0.6 is 0 Å². The molecular formula is C13H16N2O4. The Hall–Kier alpha value is -1.95. The standard InChI is InChI=1S/C13H16N2O4/c1-8-4-9(7-19-8)13(18)15-11-3-2-10(14-6-11)5-12(16)17/h2-3,6,8-9H,4-5,7H2,1H3,(H,15,18)(H,16,17). The number of carboxylic acid groups (broad SMARTS) is 1. The quantitative estimate of drug-likeness (QED) is 0.849. The summed E-state index contributed by atoms with van der Waals surface area (Å²) < 4.78 is 5.35. The molecule has 6 nitrogen and oxygen atoms in total. The van der Waals surface area contributed by atoms with Gasteiger partial charge in [0.25, 0.3) is 0 Å². The Kier molecular flexibility index (Phi) is 4.11. The predicted molar refractivity (Wildman–Crippen MR) is 67.7 cm³/mol. The van der Waals surface area contributed by atoms with Crippen molar-refractivity contribution < 1.29 is 19.4 Å². The lowest BCUT2D eigenvalue weighted by molar-refractivity contribution is -0.136. The second-order valence-corrected chi connectivity index (χ2v) is 4.67. The molecule has 0 bridgehead atoms. The van der Waals surface area contributed by atoms with Gasteiger partial charge in [0.2, 0.25) is 5.91 Å². The largest absolute Gasteiger partial charge is 0.481 e. The summed E-state index contributed by atoms with van der Waals surface area (Å²) in [5, 5.41) is 11.4. The number of pyridine rings is 1. The summed E-state index contributed by atoms with van der Waals surface area (Å²) in [5.41, 5.74) is 1.03. The number of anilines is 1. The van der Waals surface area contributed by atoms with Gasteiger partial charge >= 0.3 is 5.97 Å². The van der Waals surface area contributed by atoms with Crippen LogP contribution in [0.1, 0.15) is 19.0 Å². The van der Waals surface area contributed by atoms with Crippen LogP contribution in [-0.4, -0.2) is 34.7 Å². The lowest BCUT2D eigenvalue weighted by atomic mass is 10.1. The van der Waals surface area contributed by atoms with Crippen molar-refractivity contribution in [1.29, 1.82) is 0 Å². The number of hydrogen-bond donors (Lipinski definition) is 2. The molecular weight excluding hydrogens is 248 g/mol. The lowest BCUT2D eigenvalue weighted by Crippen LogP contribution is -2.23. The minimum absolute atomic E-state index is 0.0860. The van der Waals surface area contributed by atoms with Crippen LogP contribution in [0.4, 0.5) is 5.69 Å². The third-order valence-corrected chi connectivity index (χ3v) is 2.99. The number of aliphatic carboxylic acids is 1. The first kappa shape index (κ1) is 13.5. The summed E-state index contributed by atoms with van der Waals surface area (Å²) >= 11 is 0. The second kappa shape index (κ2) is 5.79. The SMILES string of the molecule is CC1CC(C(=O)Nc2ccc(CC(=O)O)nc2)CO1. The topological polar surface area (TPSA) is 88.5 Å². The summed E-state index contributed by atoms with van der Waals surface area (Å²) in [6.07, 6.45) is 2.18. The van der Waals surface area contributed by atoms with E-state index in [-0.39, 0.29) is 24.3 Å². The third-order valence-electron chi connectivity index (χ3n) is 2.99. The van der Waals surface area contributed by atoms with Crippen LogP contribution in [0.2, 0.25) is 0 Å². The van der Waals surface area contributed by atoms with E-state index in [4.69, 9.17) is 9.84 Å². The molecule has 0 spiro atoms. The molecule has 0 radical (unpaired) electrons. The first-order valence-electron chi connectivity index (χ1n) is 6.14. The van der Waals surface area contributed by atoms with Gasteiger partial charge in [-0.05, 0) is 25.5 Å². The van der Waals surface area contributed by atoms with E-state index in [0.29, 0.717) is 18.0 Å². The fourth-order valence-corrected chi connectivity index (χ4v) is 2.00. The van der Waals surface area contributed by atoms with Crippen LogP contribution in [0.15, 0.2) is 18.3 Å². The average molecular weight is 264 g/mol. The van der Waals surface area contributed by atoms with Crippen LogP contribution in [-0.2, 0) is 20.7 Å². The highest BCUT2D eigenvalue weighted by Crippen LogP contribution is 2.20. The van der Waals surface area contributed by atoms with E-state index in [1.54, 1.807) is 12.1 Å². The molecule has 102 valence electrons. The Balaban J connectivity index is 1.92. The molecule has 2 rings (SSSR count). The fourth-order valence-electron chi connectivity index (χ4n) is 2.00. The fraction of sp³-hybridized carbons (Fsp3) is 0.462. The maximum Gasteiger partial charge on any atom is 0.309 e. The number of ether oxygens (including phenoxy) is 1. The number of aromatic nitrogens is 1. The molecule has 2 heterocycles. The van der Waals surface area contributed by atoms with Crippen LogP contribution in [0.3, 0.4) is 0 Å². The van der Waals surface area contributed by atoms with Crippen molar-refractivity contribution in [1.82, 2.24) is 4.98 Å². The minimum Gasteiger partial charge on any atom is -0.481 e. The molecule has 1 saturated heterocycles. The molecule has 2 N–H and O–H groups in total. The van der Waals surface area contributed by atoms with Crippen molar-refractivity contribution in [2.75, 3.05) is 11.9 Å². The highest BCUT2D eigenvalue weighted by Gasteiger charge is 2.28. The molecule has 1 aliphatic rings. The highest BCUT2D eigenvalue weighted by molar-refractivity contribution is 5.92. The van der Waals surface area contributed by atoms with E-state index in [1.165, 1.54) is 6.20 Å². The maximum absolute atomic E-state index is 11.9. The monoisotopic (exact) mass is 264 g/mol. The molecule has 0 aromatic carbocycles. The zero-order chi connectivity index (χ0) is 13.8. The molecule has 2 atom stereocenters. The highest BCUT2D eigenvalue weighted by atomic mass is 16.5. The number of carbonyl (C=O) groups is 2. The lowest BCUT2D eigenvalue weighted by Gasteiger charge is -2.09. The Morgan fingerprint density at radius 3 is 2.84 bits per heavy atom. The van der Waals surface area contributed by atoms with E-state index < -0.39 is 5.97 Å². The Morgan fingerprint density at radius 1 is 1.53 bits per heavy atom. The Morgan fingerprint density at radius 2 is 2.32 bits per heavy atom. The molecule has 1 fully saturated rings. The number of nitrogens with zero attached hydrogens (tertiary/aromatic N) is 1. The first-order valence-corrected chi connectivity index (χ1v) is 6.14. The number of hydrogen-bond acceptors (Lipinski definition) is 4. The van der Waals surface area contributed by atoms with E-state index in [2.05, 4.69) is 10.3 Å². The molecule has 19 heavy (non-hydrogen) atoms. The van der Waals surface area contributed by atoms with Gasteiger partial charge in [-0.25, -0.2) is 0 Å². The zero-order valence-corrected chi connectivity index (χ0v) is 10.6. The van der Waals surface area contributed by atoms with Crippen molar-refractivity contribution in [3.05, 3.63) is 24.0 Å². The van der Waals surface area contributed by atoms with Gasteiger partial charge in [0.05, 0.1) is 42.6 Å². The van der Waals surface area contributed by atoms with Gasteiger partial charge in [0.15, 0.2) is 0 Å². The number of amides is 1. The van der Waals surface area contributed by atoms with Gasteiger partial charge in [-0.15, -0.1) is 0 Å². The van der Waals surface area contributed by atoms with E-state index in [0.717, 1.165) is 6.42 Å². The number of nitrogens with one attached hydrogen (secondary N) is 1. The Bertz CT molecular complexity index is 472. The molecule has 1 aromatic rings. The second-order valence-electron chi connectivity index (χ2n) is 4.67. The zero-order valence-electron chi connectivity index (χ0n) is 10.6. The number of rotatable bonds is 4. The minimum atomic E-state index is -0.929. The molecule has 0 aliphatic carbocycles. The van der Waals surface area contributed by atoms with Gasteiger partial charge in [-0.1, -0.05) is 0 Å². The van der Waals surface area contributed by atoms with E-state index >= 15 is 0 Å². The molecule has 1 amide bonds. The molecule has 2 unspecified atom stereocenters. The van der Waals surface area contributed by atoms with Gasteiger partial charge < -0.3 is 15.2 Å². The van der Waals surface area contributed by atoms with Crippen molar-refractivity contribution in [2.45, 2.75) is 25.9 Å². The molecule has 0 saturated carbocycles. The molecule has 6 heteroatoms. The van der Waals surface area contributed by atoms with E-state index in [1.807, 2.05) is 6.92 Å². The molecule has 1 aromatic heterocycles. The summed E-state index contributed by atoms with van der Waals surface area (Å²) in [6, 6.07) is 3.25. The van der Waals surface area contributed by atoms with Crippen molar-refractivity contribution in [3.63, 3.8) is 0 Å². The summed E-state index contributed by atoms with van der Waals surface area (Å²) in [5.74, 6) is -1.15. The smallest absolute Gasteiger partial charge is 0.309 e. The summed E-state index contributed by atoms with van der Waals surface area (Å²) in [7, 11) is 0. The summed E-state index contributed by atoms with van der Waals surface area (Å²) in [6.45, 7) is 2.38.